The van der Waals surface area contributed by atoms with Gasteiger partial charge in [0.15, 0.2) is 0 Å². The molecule has 2 N–H and O–H groups in total. The molecule has 0 spiro atoms. The van der Waals surface area contributed by atoms with E-state index in [1.807, 2.05) is 30.3 Å². The SMILES string of the molecule is O=C(C[C@@H]1Sc2ccccc2NC1=O)NCCc1ccc(Cl)cc1Cl. The second-order valence-corrected chi connectivity index (χ2v) is 7.72. The average Bonchev–Trinajstić information content (AvgIpc) is 2.57. The van der Waals surface area contributed by atoms with Crippen LogP contribution in [0.25, 0.3) is 0 Å². The number of fused-ring (bicyclic) bond motifs is 1. The minimum atomic E-state index is -0.422. The highest BCUT2D eigenvalue weighted by Gasteiger charge is 2.28. The Labute approximate surface area is 160 Å². The van der Waals surface area contributed by atoms with E-state index in [1.54, 1.807) is 12.1 Å². The predicted molar refractivity (Wildman–Crippen MR) is 103 cm³/mol. The molecule has 0 radical (unpaired) electrons. The van der Waals surface area contributed by atoms with E-state index >= 15 is 0 Å². The van der Waals surface area contributed by atoms with E-state index < -0.39 is 5.25 Å². The van der Waals surface area contributed by atoms with Crippen molar-refractivity contribution in [2.75, 3.05) is 11.9 Å². The number of para-hydroxylation sites is 1. The fourth-order valence-corrected chi connectivity index (χ4v) is 4.14. The number of hydrogen-bond donors (Lipinski definition) is 2. The van der Waals surface area contributed by atoms with Gasteiger partial charge in [0.05, 0.1) is 10.9 Å². The van der Waals surface area contributed by atoms with Crippen molar-refractivity contribution in [3.8, 4) is 0 Å². The van der Waals surface area contributed by atoms with Crippen LogP contribution in [0.2, 0.25) is 10.0 Å². The molecule has 0 aliphatic carbocycles. The lowest BCUT2D eigenvalue weighted by atomic mass is 10.1. The Kier molecular flexibility index (Phi) is 5.89. The number of halogens is 2. The monoisotopic (exact) mass is 394 g/mol. The summed E-state index contributed by atoms with van der Waals surface area (Å²) in [6.45, 7) is 0.454. The predicted octanol–water partition coefficient (Wildman–Crippen LogP) is 4.16. The Bertz CT molecular complexity index is 813. The van der Waals surface area contributed by atoms with Crippen LogP contribution in [0.15, 0.2) is 47.4 Å². The molecule has 4 nitrogen and oxygen atoms in total. The molecule has 1 heterocycles. The Morgan fingerprint density at radius 2 is 2.00 bits per heavy atom. The van der Waals surface area contributed by atoms with Crippen LogP contribution in [-0.4, -0.2) is 23.6 Å². The molecular formula is C18H16Cl2N2O2S. The zero-order valence-corrected chi connectivity index (χ0v) is 15.5. The van der Waals surface area contributed by atoms with Crippen molar-refractivity contribution in [3.63, 3.8) is 0 Å². The second-order valence-electron chi connectivity index (χ2n) is 5.63. The van der Waals surface area contributed by atoms with E-state index in [9.17, 15) is 9.59 Å². The lowest BCUT2D eigenvalue weighted by Crippen LogP contribution is -2.35. The maximum absolute atomic E-state index is 12.1. The first-order valence-electron chi connectivity index (χ1n) is 7.80. The molecule has 1 atom stereocenters. The molecule has 0 unspecified atom stereocenters. The lowest BCUT2D eigenvalue weighted by molar-refractivity contribution is -0.124. The van der Waals surface area contributed by atoms with E-state index in [1.165, 1.54) is 11.8 Å². The smallest absolute Gasteiger partial charge is 0.238 e. The number of benzene rings is 2. The molecule has 0 bridgehead atoms. The molecule has 0 saturated heterocycles. The molecule has 3 rings (SSSR count). The van der Waals surface area contributed by atoms with Gasteiger partial charge in [-0.25, -0.2) is 0 Å². The van der Waals surface area contributed by atoms with Gasteiger partial charge < -0.3 is 10.6 Å². The molecule has 2 amide bonds. The van der Waals surface area contributed by atoms with Crippen molar-refractivity contribution >= 4 is 52.5 Å². The molecule has 25 heavy (non-hydrogen) atoms. The summed E-state index contributed by atoms with van der Waals surface area (Å²) in [5.74, 6) is -0.295. The van der Waals surface area contributed by atoms with Crippen molar-refractivity contribution in [2.45, 2.75) is 23.0 Å². The topological polar surface area (TPSA) is 58.2 Å². The zero-order valence-electron chi connectivity index (χ0n) is 13.2. The minimum Gasteiger partial charge on any atom is -0.356 e. The van der Waals surface area contributed by atoms with Crippen LogP contribution in [-0.2, 0) is 16.0 Å². The highest BCUT2D eigenvalue weighted by Crippen LogP contribution is 2.36. The van der Waals surface area contributed by atoms with E-state index in [0.717, 1.165) is 16.1 Å². The number of thioether (sulfide) groups is 1. The number of carbonyl (C=O) groups excluding carboxylic acids is 2. The Balaban J connectivity index is 1.50. The first kappa shape index (κ1) is 18.1. The quantitative estimate of drug-likeness (QED) is 0.800. The summed E-state index contributed by atoms with van der Waals surface area (Å²) in [5.41, 5.74) is 1.72. The number of hydrogen-bond acceptors (Lipinski definition) is 3. The molecule has 1 aliphatic heterocycles. The molecule has 7 heteroatoms. The molecule has 2 aromatic rings. The molecule has 2 aromatic carbocycles. The molecule has 130 valence electrons. The van der Waals surface area contributed by atoms with E-state index in [-0.39, 0.29) is 18.2 Å². The van der Waals surface area contributed by atoms with Gasteiger partial charge in [0.1, 0.15) is 0 Å². The van der Waals surface area contributed by atoms with Crippen molar-refractivity contribution in [3.05, 3.63) is 58.1 Å². The number of carbonyl (C=O) groups is 2. The number of amides is 2. The Morgan fingerprint density at radius 3 is 2.80 bits per heavy atom. The minimum absolute atomic E-state index is 0.138. The van der Waals surface area contributed by atoms with Gasteiger partial charge in [-0.05, 0) is 36.2 Å². The largest absolute Gasteiger partial charge is 0.356 e. The maximum atomic E-state index is 12.1. The maximum Gasteiger partial charge on any atom is 0.238 e. The number of anilines is 1. The first-order chi connectivity index (χ1) is 12.0. The summed E-state index contributed by atoms with van der Waals surface area (Å²) in [6.07, 6.45) is 0.744. The molecule has 0 fully saturated rings. The van der Waals surface area contributed by atoms with Crippen LogP contribution < -0.4 is 10.6 Å². The van der Waals surface area contributed by atoms with E-state index in [2.05, 4.69) is 10.6 Å². The number of rotatable bonds is 5. The molecular weight excluding hydrogens is 379 g/mol. The molecule has 0 saturated carbocycles. The lowest BCUT2D eigenvalue weighted by Gasteiger charge is -2.23. The molecule has 1 aliphatic rings. The summed E-state index contributed by atoms with van der Waals surface area (Å²) in [5, 5.41) is 6.42. The van der Waals surface area contributed by atoms with Gasteiger partial charge in [-0.2, -0.15) is 0 Å². The Morgan fingerprint density at radius 1 is 1.20 bits per heavy atom. The van der Waals surface area contributed by atoms with Gasteiger partial charge in [-0.3, -0.25) is 9.59 Å². The van der Waals surface area contributed by atoms with Crippen LogP contribution in [0.3, 0.4) is 0 Å². The Hall–Kier alpha value is -1.69. The molecule has 0 aromatic heterocycles. The first-order valence-corrected chi connectivity index (χ1v) is 9.43. The van der Waals surface area contributed by atoms with Crippen molar-refractivity contribution in [1.29, 1.82) is 0 Å². The fourth-order valence-electron chi connectivity index (χ4n) is 2.53. The van der Waals surface area contributed by atoms with Crippen molar-refractivity contribution in [1.82, 2.24) is 5.32 Å². The van der Waals surface area contributed by atoms with Gasteiger partial charge in [0, 0.05) is 27.9 Å². The third-order valence-corrected chi connectivity index (χ3v) is 5.67. The zero-order chi connectivity index (χ0) is 17.8. The van der Waals surface area contributed by atoms with Gasteiger partial charge in [-0.15, -0.1) is 11.8 Å². The standard InChI is InChI=1S/C18H16Cl2N2O2S/c19-12-6-5-11(13(20)9-12)7-8-21-17(23)10-16-18(24)22-14-3-1-2-4-15(14)25-16/h1-6,9,16H,7-8,10H2,(H,21,23)(H,22,24)/t16-/m0/s1. The van der Waals surface area contributed by atoms with Crippen LogP contribution >= 0.6 is 35.0 Å². The van der Waals surface area contributed by atoms with Crippen LogP contribution in [0.5, 0.6) is 0 Å². The summed E-state index contributed by atoms with van der Waals surface area (Å²) < 4.78 is 0. The van der Waals surface area contributed by atoms with Gasteiger partial charge in [-0.1, -0.05) is 41.4 Å². The summed E-state index contributed by atoms with van der Waals surface area (Å²) in [6, 6.07) is 12.9. The van der Waals surface area contributed by atoms with E-state index in [4.69, 9.17) is 23.2 Å². The number of nitrogens with one attached hydrogen (secondary N) is 2. The third kappa shape index (κ3) is 4.69. The summed E-state index contributed by atoms with van der Waals surface area (Å²) in [4.78, 5) is 25.2. The fraction of sp³-hybridized carbons (Fsp3) is 0.222. The van der Waals surface area contributed by atoms with Gasteiger partial charge >= 0.3 is 0 Å². The van der Waals surface area contributed by atoms with Crippen molar-refractivity contribution in [2.24, 2.45) is 0 Å². The second kappa shape index (κ2) is 8.13. The normalized spacial score (nSPS) is 16.1. The third-order valence-electron chi connectivity index (χ3n) is 3.81. The summed E-state index contributed by atoms with van der Waals surface area (Å²) in [7, 11) is 0. The highest BCUT2D eigenvalue weighted by atomic mass is 35.5. The van der Waals surface area contributed by atoms with Crippen LogP contribution in [0.1, 0.15) is 12.0 Å². The van der Waals surface area contributed by atoms with Gasteiger partial charge in [0.2, 0.25) is 11.8 Å². The average molecular weight is 395 g/mol. The van der Waals surface area contributed by atoms with Crippen LogP contribution in [0.4, 0.5) is 5.69 Å². The highest BCUT2D eigenvalue weighted by molar-refractivity contribution is 8.01. The van der Waals surface area contributed by atoms with Crippen LogP contribution in [0, 0.1) is 0 Å². The summed E-state index contributed by atoms with van der Waals surface area (Å²) >= 11 is 13.4. The van der Waals surface area contributed by atoms with Crippen molar-refractivity contribution < 1.29 is 9.59 Å². The van der Waals surface area contributed by atoms with Gasteiger partial charge in [0.25, 0.3) is 0 Å². The van der Waals surface area contributed by atoms with E-state index in [0.29, 0.717) is 23.0 Å².